The van der Waals surface area contributed by atoms with Gasteiger partial charge in [0.15, 0.2) is 6.29 Å². The summed E-state index contributed by atoms with van der Waals surface area (Å²) >= 11 is 8.32. The fourth-order valence-corrected chi connectivity index (χ4v) is 6.44. The number of rotatable bonds is 7. The van der Waals surface area contributed by atoms with Gasteiger partial charge in [-0.15, -0.1) is 34.4 Å². The van der Waals surface area contributed by atoms with Gasteiger partial charge in [-0.3, -0.25) is 4.79 Å². The van der Waals surface area contributed by atoms with Crippen LogP contribution in [-0.2, 0) is 0 Å². The topological polar surface area (TPSA) is 68.9 Å². The molecule has 0 aliphatic rings. The third-order valence-electron chi connectivity index (χ3n) is 4.50. The van der Waals surface area contributed by atoms with E-state index in [1.807, 2.05) is 29.6 Å². The minimum absolute atomic E-state index is 0.532. The number of nitrogens with zero attached hydrogens (tertiary/aromatic N) is 2. The molecule has 4 aromatic rings. The Morgan fingerprint density at radius 2 is 2.07 bits per heavy atom. The fraction of sp³-hybridized carbons (Fsp3) is 0.190. The Morgan fingerprint density at radius 3 is 2.72 bits per heavy atom. The predicted octanol–water partition coefficient (Wildman–Crippen LogP) is 7.14. The zero-order chi connectivity index (χ0) is 20.4. The SMILES string of the molecule is CCCCSc1sc2nc(-c3nccs3)c(C=O)c(-c3ccc(Br)cc3)c2c1N. The highest BCUT2D eigenvalue weighted by Crippen LogP contribution is 2.47. The van der Waals surface area contributed by atoms with Crippen LogP contribution >= 0.6 is 50.4 Å². The van der Waals surface area contributed by atoms with Crippen LogP contribution in [0.5, 0.6) is 0 Å². The number of nitrogens with two attached hydrogens (primary N) is 1. The van der Waals surface area contributed by atoms with Crippen molar-refractivity contribution in [1.82, 2.24) is 9.97 Å². The van der Waals surface area contributed by atoms with E-state index in [-0.39, 0.29) is 0 Å². The Bertz CT molecular complexity index is 1150. The Hall–Kier alpha value is -1.74. The lowest BCUT2D eigenvalue weighted by molar-refractivity contribution is 0.112. The standard InChI is InChI=1S/C21H18BrN3OS3/c1-2-3-9-28-21-17(23)16-15(12-4-6-13(22)7-5-12)14(11-26)18(25-19(16)29-21)20-24-8-10-27-20/h4-8,10-11H,2-3,9,23H2,1H3. The van der Waals surface area contributed by atoms with Gasteiger partial charge < -0.3 is 5.73 Å². The molecule has 148 valence electrons. The number of thiazole rings is 1. The molecule has 1 aromatic carbocycles. The monoisotopic (exact) mass is 503 g/mol. The van der Waals surface area contributed by atoms with E-state index >= 15 is 0 Å². The third kappa shape index (κ3) is 3.99. The molecule has 3 heterocycles. The van der Waals surface area contributed by atoms with Crippen LogP contribution in [0.3, 0.4) is 0 Å². The highest BCUT2D eigenvalue weighted by molar-refractivity contribution is 9.10. The second-order valence-electron chi connectivity index (χ2n) is 6.40. The van der Waals surface area contributed by atoms with Crippen molar-refractivity contribution in [1.29, 1.82) is 0 Å². The van der Waals surface area contributed by atoms with Gasteiger partial charge in [0.05, 0.1) is 15.5 Å². The number of nitrogen functional groups attached to an aromatic ring is 1. The van der Waals surface area contributed by atoms with Crippen molar-refractivity contribution in [3.05, 3.63) is 45.9 Å². The van der Waals surface area contributed by atoms with Gasteiger partial charge in [-0.25, -0.2) is 9.97 Å². The second kappa shape index (κ2) is 8.95. The molecule has 0 bridgehead atoms. The number of hydrogen-bond donors (Lipinski definition) is 1. The van der Waals surface area contributed by atoms with Crippen molar-refractivity contribution in [3.8, 4) is 21.8 Å². The Kier molecular flexibility index (Phi) is 6.34. The van der Waals surface area contributed by atoms with E-state index in [0.717, 1.165) is 59.9 Å². The smallest absolute Gasteiger partial charge is 0.152 e. The lowest BCUT2D eigenvalue weighted by Gasteiger charge is -2.12. The van der Waals surface area contributed by atoms with Crippen molar-refractivity contribution < 1.29 is 4.79 Å². The van der Waals surface area contributed by atoms with Gasteiger partial charge in [-0.2, -0.15) is 0 Å². The Balaban J connectivity index is 2.01. The molecule has 0 aliphatic heterocycles. The van der Waals surface area contributed by atoms with Crippen molar-refractivity contribution in [2.75, 3.05) is 11.5 Å². The normalized spacial score (nSPS) is 11.2. The van der Waals surface area contributed by atoms with Crippen molar-refractivity contribution >= 4 is 72.6 Å². The molecular formula is C21H18BrN3OS3. The first kappa shape index (κ1) is 20.5. The quantitative estimate of drug-likeness (QED) is 0.165. The number of fused-ring (bicyclic) bond motifs is 1. The van der Waals surface area contributed by atoms with Crippen LogP contribution in [0.25, 0.3) is 32.0 Å². The summed E-state index contributed by atoms with van der Waals surface area (Å²) in [7, 11) is 0. The number of aldehydes is 1. The number of anilines is 1. The molecule has 0 radical (unpaired) electrons. The largest absolute Gasteiger partial charge is 0.397 e. The van der Waals surface area contributed by atoms with Gasteiger partial charge >= 0.3 is 0 Å². The molecule has 8 heteroatoms. The number of pyridine rings is 1. The number of carbonyl (C=O) groups is 1. The van der Waals surface area contributed by atoms with Crippen LogP contribution in [0.15, 0.2) is 44.5 Å². The molecule has 0 amide bonds. The summed E-state index contributed by atoms with van der Waals surface area (Å²) < 4.78 is 2.04. The number of carbonyl (C=O) groups excluding carboxylic acids is 1. The van der Waals surface area contributed by atoms with Crippen LogP contribution in [-0.4, -0.2) is 22.0 Å². The molecule has 0 saturated carbocycles. The number of halogens is 1. The minimum Gasteiger partial charge on any atom is -0.397 e. The zero-order valence-electron chi connectivity index (χ0n) is 15.6. The van der Waals surface area contributed by atoms with Crippen molar-refractivity contribution in [3.63, 3.8) is 0 Å². The summed E-state index contributed by atoms with van der Waals surface area (Å²) in [5.74, 6) is 1.01. The van der Waals surface area contributed by atoms with Crippen LogP contribution in [0.2, 0.25) is 0 Å². The van der Waals surface area contributed by atoms with E-state index in [1.165, 1.54) is 11.3 Å². The average molecular weight is 505 g/mol. The number of thiophene rings is 1. The van der Waals surface area contributed by atoms with Crippen molar-refractivity contribution in [2.45, 2.75) is 24.0 Å². The summed E-state index contributed by atoms with van der Waals surface area (Å²) in [6.45, 7) is 2.18. The maximum atomic E-state index is 12.2. The first-order chi connectivity index (χ1) is 14.1. The summed E-state index contributed by atoms with van der Waals surface area (Å²) in [5, 5.41) is 3.49. The van der Waals surface area contributed by atoms with Gasteiger partial charge in [0.25, 0.3) is 0 Å². The molecule has 0 aliphatic carbocycles. The van der Waals surface area contributed by atoms with Crippen LogP contribution in [0, 0.1) is 0 Å². The van der Waals surface area contributed by atoms with E-state index in [9.17, 15) is 4.79 Å². The molecule has 0 atom stereocenters. The van der Waals surface area contributed by atoms with E-state index in [2.05, 4.69) is 27.8 Å². The molecular weight excluding hydrogens is 486 g/mol. The number of hydrogen-bond acceptors (Lipinski definition) is 7. The zero-order valence-corrected chi connectivity index (χ0v) is 19.7. The first-order valence-electron chi connectivity index (χ1n) is 9.13. The lowest BCUT2D eigenvalue weighted by atomic mass is 9.96. The molecule has 29 heavy (non-hydrogen) atoms. The third-order valence-corrected chi connectivity index (χ3v) is 8.28. The second-order valence-corrected chi connectivity index (χ2v) is 10.6. The number of aromatic nitrogens is 2. The van der Waals surface area contributed by atoms with E-state index in [1.54, 1.807) is 29.3 Å². The van der Waals surface area contributed by atoms with E-state index in [0.29, 0.717) is 16.9 Å². The van der Waals surface area contributed by atoms with E-state index in [4.69, 9.17) is 10.7 Å². The molecule has 0 saturated heterocycles. The molecule has 0 unspecified atom stereocenters. The molecule has 4 nitrogen and oxygen atoms in total. The summed E-state index contributed by atoms with van der Waals surface area (Å²) in [5.41, 5.74) is 10.2. The lowest BCUT2D eigenvalue weighted by Crippen LogP contribution is -1.98. The average Bonchev–Trinajstić information content (AvgIpc) is 3.36. The maximum Gasteiger partial charge on any atom is 0.152 e. The predicted molar refractivity (Wildman–Crippen MR) is 129 cm³/mol. The minimum atomic E-state index is 0.532. The van der Waals surface area contributed by atoms with Gasteiger partial charge in [0.1, 0.15) is 15.5 Å². The Morgan fingerprint density at radius 1 is 1.28 bits per heavy atom. The number of unbranched alkanes of at least 4 members (excludes halogenated alkanes) is 1. The van der Waals surface area contributed by atoms with Gasteiger partial charge in [0, 0.05) is 27.0 Å². The number of benzene rings is 1. The molecule has 4 rings (SSSR count). The van der Waals surface area contributed by atoms with Crippen molar-refractivity contribution in [2.24, 2.45) is 0 Å². The van der Waals surface area contributed by atoms with Crippen LogP contribution in [0.1, 0.15) is 30.1 Å². The van der Waals surface area contributed by atoms with E-state index < -0.39 is 0 Å². The maximum absolute atomic E-state index is 12.2. The summed E-state index contributed by atoms with van der Waals surface area (Å²) in [6, 6.07) is 7.94. The molecule has 0 fully saturated rings. The highest BCUT2D eigenvalue weighted by Gasteiger charge is 2.23. The van der Waals surface area contributed by atoms with Crippen LogP contribution < -0.4 is 5.73 Å². The molecule has 3 aromatic heterocycles. The van der Waals surface area contributed by atoms with Crippen LogP contribution in [0.4, 0.5) is 5.69 Å². The molecule has 2 N–H and O–H groups in total. The summed E-state index contributed by atoms with van der Waals surface area (Å²) in [4.78, 5) is 22.3. The molecule has 0 spiro atoms. The Labute approximate surface area is 189 Å². The van der Waals surface area contributed by atoms with Gasteiger partial charge in [-0.05, 0) is 29.9 Å². The van der Waals surface area contributed by atoms with Gasteiger partial charge in [-0.1, -0.05) is 41.4 Å². The fourth-order valence-electron chi connectivity index (χ4n) is 3.10. The summed E-state index contributed by atoms with van der Waals surface area (Å²) in [6.07, 6.45) is 4.88. The number of thioether (sulfide) groups is 1. The highest BCUT2D eigenvalue weighted by atomic mass is 79.9. The van der Waals surface area contributed by atoms with Gasteiger partial charge in [0.2, 0.25) is 0 Å². The first-order valence-corrected chi connectivity index (χ1v) is 12.6.